The fraction of sp³-hybridized carbons (Fsp3) is 0.150. The van der Waals surface area contributed by atoms with E-state index < -0.39 is 0 Å². The minimum absolute atomic E-state index is 0.115. The number of hydrogen-bond acceptors (Lipinski definition) is 5. The number of benzene rings is 2. The van der Waals surface area contributed by atoms with Crippen molar-refractivity contribution in [2.75, 3.05) is 7.05 Å². The number of para-hydroxylation sites is 2. The number of aromatic nitrogens is 5. The molecule has 2 aromatic carbocycles. The lowest BCUT2D eigenvalue weighted by Gasteiger charge is -2.25. The van der Waals surface area contributed by atoms with Crippen LogP contribution in [0.3, 0.4) is 0 Å². The van der Waals surface area contributed by atoms with E-state index in [0.29, 0.717) is 11.2 Å². The van der Waals surface area contributed by atoms with E-state index >= 15 is 0 Å². The van der Waals surface area contributed by atoms with Crippen molar-refractivity contribution in [3.8, 4) is 5.69 Å². The van der Waals surface area contributed by atoms with Gasteiger partial charge in [0.1, 0.15) is 18.3 Å². The molecule has 2 heterocycles. The SMILES string of the molecule is CC(c1ccc(-n2cncn2)cc1)N(C)C(=O)c1cnc2ccccc2n1. The average molecular weight is 358 g/mol. The van der Waals surface area contributed by atoms with E-state index in [2.05, 4.69) is 20.1 Å². The highest BCUT2D eigenvalue weighted by Crippen LogP contribution is 2.22. The monoisotopic (exact) mass is 358 g/mol. The highest BCUT2D eigenvalue weighted by atomic mass is 16.2. The molecule has 1 unspecified atom stereocenters. The summed E-state index contributed by atoms with van der Waals surface area (Å²) in [5, 5.41) is 4.11. The molecule has 4 rings (SSSR count). The van der Waals surface area contributed by atoms with Gasteiger partial charge >= 0.3 is 0 Å². The van der Waals surface area contributed by atoms with Gasteiger partial charge in [-0.2, -0.15) is 5.10 Å². The number of carbonyl (C=O) groups is 1. The summed E-state index contributed by atoms with van der Waals surface area (Å²) in [6, 6.07) is 15.3. The Morgan fingerprint density at radius 1 is 1.07 bits per heavy atom. The largest absolute Gasteiger partial charge is 0.334 e. The summed E-state index contributed by atoms with van der Waals surface area (Å²) in [4.78, 5) is 27.3. The maximum absolute atomic E-state index is 12.9. The Hall–Kier alpha value is -3.61. The highest BCUT2D eigenvalue weighted by molar-refractivity contribution is 5.93. The van der Waals surface area contributed by atoms with Crippen molar-refractivity contribution in [2.24, 2.45) is 0 Å². The van der Waals surface area contributed by atoms with Crippen molar-refractivity contribution in [1.29, 1.82) is 0 Å². The highest BCUT2D eigenvalue weighted by Gasteiger charge is 2.20. The first-order chi connectivity index (χ1) is 13.1. The van der Waals surface area contributed by atoms with Crippen LogP contribution in [0.4, 0.5) is 0 Å². The molecule has 4 aromatic rings. The molecule has 27 heavy (non-hydrogen) atoms. The van der Waals surface area contributed by atoms with E-state index in [-0.39, 0.29) is 11.9 Å². The van der Waals surface area contributed by atoms with Gasteiger partial charge in [-0.3, -0.25) is 9.78 Å². The van der Waals surface area contributed by atoms with Crippen molar-refractivity contribution in [3.63, 3.8) is 0 Å². The van der Waals surface area contributed by atoms with Gasteiger partial charge in [0.05, 0.1) is 29.0 Å². The van der Waals surface area contributed by atoms with Crippen LogP contribution in [-0.4, -0.2) is 42.6 Å². The molecule has 0 aliphatic heterocycles. The maximum atomic E-state index is 12.9. The molecular formula is C20H18N6O. The molecule has 0 spiro atoms. The molecule has 0 saturated heterocycles. The lowest BCUT2D eigenvalue weighted by Crippen LogP contribution is -2.30. The summed E-state index contributed by atoms with van der Waals surface area (Å²) in [7, 11) is 1.77. The summed E-state index contributed by atoms with van der Waals surface area (Å²) < 4.78 is 1.69. The van der Waals surface area contributed by atoms with Gasteiger partial charge in [-0.25, -0.2) is 14.6 Å². The number of hydrogen-bond donors (Lipinski definition) is 0. The molecule has 7 heteroatoms. The van der Waals surface area contributed by atoms with Crippen LogP contribution >= 0.6 is 0 Å². The van der Waals surface area contributed by atoms with Gasteiger partial charge in [0.15, 0.2) is 0 Å². The fourth-order valence-electron chi connectivity index (χ4n) is 2.89. The maximum Gasteiger partial charge on any atom is 0.274 e. The Labute approximate surface area is 156 Å². The number of nitrogens with zero attached hydrogens (tertiary/aromatic N) is 6. The predicted octanol–water partition coefficient (Wildman–Crippen LogP) is 3.04. The second-order valence-corrected chi connectivity index (χ2v) is 6.27. The van der Waals surface area contributed by atoms with Crippen LogP contribution in [0.2, 0.25) is 0 Å². The normalized spacial score (nSPS) is 12.1. The Kier molecular flexibility index (Phi) is 4.33. The molecule has 2 aromatic heterocycles. The van der Waals surface area contributed by atoms with Gasteiger partial charge in [0, 0.05) is 7.05 Å². The van der Waals surface area contributed by atoms with Crippen LogP contribution in [-0.2, 0) is 0 Å². The second-order valence-electron chi connectivity index (χ2n) is 6.27. The van der Waals surface area contributed by atoms with Crippen molar-refractivity contribution >= 4 is 16.9 Å². The zero-order valence-corrected chi connectivity index (χ0v) is 15.0. The van der Waals surface area contributed by atoms with Gasteiger partial charge in [-0.05, 0) is 36.8 Å². The topological polar surface area (TPSA) is 76.8 Å². The van der Waals surface area contributed by atoms with Gasteiger partial charge in [0.25, 0.3) is 5.91 Å². The zero-order valence-electron chi connectivity index (χ0n) is 15.0. The van der Waals surface area contributed by atoms with Gasteiger partial charge in [-0.1, -0.05) is 24.3 Å². The first kappa shape index (κ1) is 16.8. The predicted molar refractivity (Wildman–Crippen MR) is 101 cm³/mol. The summed E-state index contributed by atoms with van der Waals surface area (Å²) in [6.07, 6.45) is 4.67. The number of amides is 1. The van der Waals surface area contributed by atoms with E-state index in [1.54, 1.807) is 23.0 Å². The molecule has 0 radical (unpaired) electrons. The smallest absolute Gasteiger partial charge is 0.274 e. The van der Waals surface area contributed by atoms with Crippen molar-refractivity contribution < 1.29 is 4.79 Å². The molecule has 0 bridgehead atoms. The minimum atomic E-state index is -0.166. The lowest BCUT2D eigenvalue weighted by atomic mass is 10.1. The average Bonchev–Trinajstić information content (AvgIpc) is 3.27. The molecule has 0 aliphatic carbocycles. The molecule has 7 nitrogen and oxygen atoms in total. The van der Waals surface area contributed by atoms with Gasteiger partial charge in [-0.15, -0.1) is 0 Å². The van der Waals surface area contributed by atoms with E-state index in [1.807, 2.05) is 55.5 Å². The van der Waals surface area contributed by atoms with Crippen LogP contribution < -0.4 is 0 Å². The van der Waals surface area contributed by atoms with Crippen molar-refractivity contribution in [1.82, 2.24) is 29.6 Å². The zero-order chi connectivity index (χ0) is 18.8. The molecule has 1 amide bonds. The second kappa shape index (κ2) is 6.95. The van der Waals surface area contributed by atoms with E-state index in [1.165, 1.54) is 12.5 Å². The summed E-state index contributed by atoms with van der Waals surface area (Å²) >= 11 is 0. The van der Waals surface area contributed by atoms with Crippen molar-refractivity contribution in [3.05, 3.63) is 78.6 Å². The van der Waals surface area contributed by atoms with Crippen LogP contribution in [0.25, 0.3) is 16.7 Å². The molecule has 0 saturated carbocycles. The molecule has 0 N–H and O–H groups in total. The Morgan fingerprint density at radius 3 is 2.52 bits per heavy atom. The molecule has 0 aliphatic rings. The van der Waals surface area contributed by atoms with Crippen LogP contribution in [0.1, 0.15) is 29.0 Å². The van der Waals surface area contributed by atoms with Gasteiger partial charge < -0.3 is 4.90 Å². The standard InChI is InChI=1S/C20H18N6O/c1-14(15-7-9-16(10-8-15)26-13-21-12-23-26)25(2)20(27)19-11-22-17-5-3-4-6-18(17)24-19/h3-14H,1-2H3. The van der Waals surface area contributed by atoms with Crippen LogP contribution in [0.15, 0.2) is 67.4 Å². The molecular weight excluding hydrogens is 340 g/mol. The summed E-state index contributed by atoms with van der Waals surface area (Å²) in [5.41, 5.74) is 3.75. The quantitative estimate of drug-likeness (QED) is 0.560. The molecule has 134 valence electrons. The third-order valence-electron chi connectivity index (χ3n) is 4.63. The van der Waals surface area contributed by atoms with Crippen molar-refractivity contribution in [2.45, 2.75) is 13.0 Å². The third kappa shape index (κ3) is 3.27. The third-order valence-corrected chi connectivity index (χ3v) is 4.63. The Morgan fingerprint density at radius 2 is 1.81 bits per heavy atom. The Balaban J connectivity index is 1.55. The number of carbonyl (C=O) groups excluding carboxylic acids is 1. The van der Waals surface area contributed by atoms with E-state index in [9.17, 15) is 4.79 Å². The minimum Gasteiger partial charge on any atom is -0.334 e. The molecule has 1 atom stereocenters. The van der Waals surface area contributed by atoms with E-state index in [0.717, 1.165) is 16.8 Å². The van der Waals surface area contributed by atoms with E-state index in [4.69, 9.17) is 0 Å². The number of fused-ring (bicyclic) bond motifs is 1. The van der Waals surface area contributed by atoms with Gasteiger partial charge in [0.2, 0.25) is 0 Å². The Bertz CT molecular complexity index is 1080. The first-order valence-corrected chi connectivity index (χ1v) is 8.57. The number of rotatable bonds is 4. The summed E-state index contributed by atoms with van der Waals surface area (Å²) in [5.74, 6) is -0.166. The first-order valence-electron chi connectivity index (χ1n) is 8.57. The van der Waals surface area contributed by atoms with Crippen LogP contribution in [0, 0.1) is 0 Å². The summed E-state index contributed by atoms with van der Waals surface area (Å²) in [6.45, 7) is 1.98. The molecule has 0 fully saturated rings. The fourth-order valence-corrected chi connectivity index (χ4v) is 2.89. The van der Waals surface area contributed by atoms with Crippen LogP contribution in [0.5, 0.6) is 0 Å². The lowest BCUT2D eigenvalue weighted by molar-refractivity contribution is 0.0736.